The van der Waals surface area contributed by atoms with Crippen molar-refractivity contribution in [1.82, 2.24) is 0 Å². The molecule has 11 aromatic carbocycles. The summed E-state index contributed by atoms with van der Waals surface area (Å²) in [4.78, 5) is 38.4. The highest BCUT2D eigenvalue weighted by Gasteiger charge is 2.53. The molecule has 12 rings (SSSR count). The van der Waals surface area contributed by atoms with Crippen LogP contribution in [0.1, 0.15) is 108 Å². The molecule has 5 nitrogen and oxygen atoms in total. The van der Waals surface area contributed by atoms with Gasteiger partial charge in [-0.3, -0.25) is 9.59 Å². The van der Waals surface area contributed by atoms with Crippen LogP contribution in [0.3, 0.4) is 0 Å². The van der Waals surface area contributed by atoms with Crippen LogP contribution in [0, 0.1) is 6.92 Å². The number of para-hydroxylation sites is 4. The lowest BCUT2D eigenvalue weighted by atomic mass is 9.68. The van der Waals surface area contributed by atoms with Crippen molar-refractivity contribution in [3.05, 3.63) is 296 Å². The molecule has 442 valence electrons. The smallest absolute Gasteiger partial charge is 0.155 e. The largest absolute Gasteiger partial charge is 0.311 e. The summed E-state index contributed by atoms with van der Waals surface area (Å²) < 4.78 is 0. The van der Waals surface area contributed by atoms with E-state index in [9.17, 15) is 0 Å². The first-order chi connectivity index (χ1) is 43.8. The third-order valence-electron chi connectivity index (χ3n) is 17.8. The lowest BCUT2D eigenvalue weighted by Crippen LogP contribution is -2.43. The van der Waals surface area contributed by atoms with Gasteiger partial charge in [0.15, 0.2) is 11.6 Å². The molecule has 0 spiro atoms. The number of hydrogen-bond donors (Lipinski definition) is 0. The van der Waals surface area contributed by atoms with Crippen LogP contribution < -0.4 is 14.7 Å². The molecule has 0 aliphatic heterocycles. The second kappa shape index (κ2) is 27.9. The van der Waals surface area contributed by atoms with Crippen LogP contribution in [-0.4, -0.2) is 11.6 Å². The van der Waals surface area contributed by atoms with Crippen molar-refractivity contribution in [3.63, 3.8) is 0 Å². The fourth-order valence-electron chi connectivity index (χ4n) is 13.1. The fourth-order valence-corrected chi connectivity index (χ4v) is 13.1. The molecule has 11 aromatic rings. The van der Waals surface area contributed by atoms with E-state index in [1.807, 2.05) is 12.1 Å². The van der Waals surface area contributed by atoms with Gasteiger partial charge in [-0.05, 0) is 197 Å². The molecule has 0 unspecified atom stereocenters. The van der Waals surface area contributed by atoms with E-state index in [2.05, 4.69) is 302 Å². The number of carbonyl (C=O) groups excluding carboxylic acids is 2. The molecule has 0 atom stereocenters. The number of ketones is 2. The predicted octanol–water partition coefficient (Wildman–Crippen LogP) is 23.5. The average Bonchev–Trinajstić information content (AvgIpc) is 1.57. The number of rotatable bonds is 26. The summed E-state index contributed by atoms with van der Waals surface area (Å²) in [5.74, 6) is 0.0338. The number of carbonyl (C=O) groups is 2. The number of nitrogens with zero attached hydrogens (tertiary/aromatic N) is 3. The molecule has 0 saturated carbocycles. The zero-order chi connectivity index (χ0) is 60.9. The van der Waals surface area contributed by atoms with Crippen LogP contribution in [0.5, 0.6) is 0 Å². The number of benzene rings is 11. The van der Waals surface area contributed by atoms with E-state index >= 15 is 9.59 Å². The van der Waals surface area contributed by atoms with Crippen molar-refractivity contribution in [1.29, 1.82) is 0 Å². The molecule has 5 heteroatoms. The Morgan fingerprint density at radius 3 is 0.820 bits per heavy atom. The van der Waals surface area contributed by atoms with Crippen LogP contribution in [-0.2, 0) is 15.0 Å². The number of Topliss-reactive ketones (excluding diaryl/α,β-unsaturated/α-hetero) is 2. The predicted molar refractivity (Wildman–Crippen MR) is 375 cm³/mol. The Balaban J connectivity index is 0.877. The number of hydrogen-bond acceptors (Lipinski definition) is 5. The highest BCUT2D eigenvalue weighted by atomic mass is 16.2. The Kier molecular flexibility index (Phi) is 18.6. The normalized spacial score (nSPS) is 12.0. The number of fused-ring (bicyclic) bond motifs is 3. The van der Waals surface area contributed by atoms with Crippen LogP contribution in [0.2, 0.25) is 0 Å². The van der Waals surface area contributed by atoms with Gasteiger partial charge in [-0.15, -0.1) is 0 Å². The summed E-state index contributed by atoms with van der Waals surface area (Å²) in [6.45, 7) is 6.56. The lowest BCUT2D eigenvalue weighted by molar-refractivity contribution is -0.133. The highest BCUT2D eigenvalue weighted by molar-refractivity contribution is 6.20. The molecule has 0 saturated heterocycles. The molecule has 0 aromatic heterocycles. The highest BCUT2D eigenvalue weighted by Crippen LogP contribution is 2.54. The summed E-state index contributed by atoms with van der Waals surface area (Å²) in [5.41, 5.74) is 19.2. The van der Waals surface area contributed by atoms with Gasteiger partial charge in [0.25, 0.3) is 0 Å². The third kappa shape index (κ3) is 12.8. The molecule has 0 radical (unpaired) electrons. The van der Waals surface area contributed by atoms with Gasteiger partial charge >= 0.3 is 0 Å². The van der Waals surface area contributed by atoms with Gasteiger partial charge in [0.1, 0.15) is 5.41 Å². The topological polar surface area (TPSA) is 43.9 Å². The lowest BCUT2D eigenvalue weighted by Gasteiger charge is -2.30. The zero-order valence-electron chi connectivity index (χ0n) is 51.7. The van der Waals surface area contributed by atoms with Gasteiger partial charge in [0.05, 0.1) is 0 Å². The molecule has 89 heavy (non-hydrogen) atoms. The van der Waals surface area contributed by atoms with Gasteiger partial charge in [0, 0.05) is 64.0 Å². The summed E-state index contributed by atoms with van der Waals surface area (Å²) >= 11 is 0. The Morgan fingerprint density at radius 2 is 0.528 bits per heavy atom. The summed E-state index contributed by atoms with van der Waals surface area (Å²) in [5, 5.41) is 0. The summed E-state index contributed by atoms with van der Waals surface area (Å²) in [6.07, 6.45) is 10.8. The third-order valence-corrected chi connectivity index (χ3v) is 17.8. The number of unbranched alkanes of at least 4 members (excludes halogenated alkanes) is 8. The Morgan fingerprint density at radius 1 is 0.281 bits per heavy atom. The Hall–Kier alpha value is -9.84. The minimum Gasteiger partial charge on any atom is -0.311 e. The standard InChI is InChI=1S/C84H79N3O2/c1-4-6-8-10-24-34-82(88)84(83(89)35-25-11-9-7-5-2)80-60-67(65-42-54-74(55-43-65)85(69-26-16-12-17-27-69)70-28-18-13-19-29-70)46-58-78(80)79-59-47-68(61-81(79)84)66-44-56-77(57-45-66)87(72-32-22-15-23-33-72)76-52-40-64(41-53-76)63-38-50-75(51-39-63)86(71-30-20-14-21-31-71)73-48-36-62(3)37-49-73/h12-23,26-33,36-61H,4-11,24-25,34-35H2,1-3H3. The van der Waals surface area contributed by atoms with E-state index in [-0.39, 0.29) is 11.6 Å². The zero-order valence-corrected chi connectivity index (χ0v) is 51.7. The van der Waals surface area contributed by atoms with Crippen LogP contribution in [0.4, 0.5) is 51.2 Å². The fraction of sp³-hybridized carbons (Fsp3) is 0.190. The minimum atomic E-state index is -1.44. The molecule has 0 bridgehead atoms. The van der Waals surface area contributed by atoms with Gasteiger partial charge in [0.2, 0.25) is 0 Å². The quantitative estimate of drug-likeness (QED) is 0.0399. The van der Waals surface area contributed by atoms with Crippen molar-refractivity contribution in [2.45, 2.75) is 103 Å². The molecule has 1 aliphatic rings. The SMILES string of the molecule is CCCCCCCC(=O)C1(C(=O)CCCCCCC)c2cc(-c3ccc(N(c4ccccc4)c4ccccc4)cc3)ccc2-c2ccc(-c3ccc(N(c4ccccc4)c4ccc(-c5ccc(N(c6ccccc6)c6ccc(C)cc6)cc5)cc4)cc3)cc21. The molecule has 1 aliphatic carbocycles. The van der Waals surface area contributed by atoms with Crippen molar-refractivity contribution < 1.29 is 9.59 Å². The van der Waals surface area contributed by atoms with Gasteiger partial charge in [-0.2, -0.15) is 0 Å². The maximum atomic E-state index is 15.8. The van der Waals surface area contributed by atoms with Crippen molar-refractivity contribution in [2.24, 2.45) is 0 Å². The van der Waals surface area contributed by atoms with Gasteiger partial charge in [-0.1, -0.05) is 229 Å². The van der Waals surface area contributed by atoms with Crippen LogP contribution in [0.15, 0.2) is 279 Å². The summed E-state index contributed by atoms with van der Waals surface area (Å²) in [7, 11) is 0. The van der Waals surface area contributed by atoms with E-state index in [0.717, 1.165) is 171 Å². The maximum absolute atomic E-state index is 15.8. The van der Waals surface area contributed by atoms with E-state index < -0.39 is 5.41 Å². The molecule has 0 heterocycles. The van der Waals surface area contributed by atoms with Crippen molar-refractivity contribution in [2.75, 3.05) is 14.7 Å². The van der Waals surface area contributed by atoms with E-state index in [4.69, 9.17) is 0 Å². The maximum Gasteiger partial charge on any atom is 0.155 e. The number of anilines is 9. The first kappa shape index (κ1) is 59.5. The molecule has 0 N–H and O–H groups in total. The number of aryl methyl sites for hydroxylation is 1. The molecule has 0 fully saturated rings. The van der Waals surface area contributed by atoms with E-state index in [0.29, 0.717) is 12.8 Å². The first-order valence-electron chi connectivity index (χ1n) is 32.3. The second-order valence-electron chi connectivity index (χ2n) is 23.8. The van der Waals surface area contributed by atoms with Crippen molar-refractivity contribution >= 4 is 62.8 Å². The Bertz CT molecular complexity index is 4040. The van der Waals surface area contributed by atoms with Crippen LogP contribution >= 0.6 is 0 Å². The minimum absolute atomic E-state index is 0.0169. The molecule has 0 amide bonds. The first-order valence-corrected chi connectivity index (χ1v) is 32.3. The second-order valence-corrected chi connectivity index (χ2v) is 23.8. The molecular weight excluding hydrogens is 1080 g/mol. The van der Waals surface area contributed by atoms with Gasteiger partial charge in [-0.25, -0.2) is 0 Å². The summed E-state index contributed by atoms with van der Waals surface area (Å²) in [6, 6.07) is 98.8. The monoisotopic (exact) mass is 1160 g/mol. The Labute approximate surface area is 527 Å². The van der Waals surface area contributed by atoms with Crippen LogP contribution in [0.25, 0.3) is 44.5 Å². The average molecular weight is 1160 g/mol. The van der Waals surface area contributed by atoms with Gasteiger partial charge < -0.3 is 14.7 Å². The molecular formula is C84H79N3O2. The van der Waals surface area contributed by atoms with E-state index in [1.165, 1.54) is 5.56 Å². The van der Waals surface area contributed by atoms with Crippen molar-refractivity contribution in [3.8, 4) is 44.5 Å². The van der Waals surface area contributed by atoms with E-state index in [1.54, 1.807) is 0 Å².